The van der Waals surface area contributed by atoms with E-state index in [4.69, 9.17) is 9.73 Å². The van der Waals surface area contributed by atoms with Gasteiger partial charge in [-0.3, -0.25) is 4.99 Å². The van der Waals surface area contributed by atoms with Crippen LogP contribution in [0.15, 0.2) is 58.4 Å². The maximum atomic E-state index is 12.1. The Kier molecular flexibility index (Phi) is 4.65. The number of nitrogens with one attached hydrogen (secondary N) is 2. The fourth-order valence-electron chi connectivity index (χ4n) is 3.70. The Bertz CT molecular complexity index is 979. The molecule has 2 aliphatic heterocycles. The molecule has 0 aromatic heterocycles. The summed E-state index contributed by atoms with van der Waals surface area (Å²) in [5.74, 6) is 0.841. The first-order valence-electron chi connectivity index (χ1n) is 9.03. The van der Waals surface area contributed by atoms with Crippen molar-refractivity contribution in [3.8, 4) is 0 Å². The molecular weight excluding hydrogens is 362 g/mol. The summed E-state index contributed by atoms with van der Waals surface area (Å²) >= 11 is 0. The molecule has 27 heavy (non-hydrogen) atoms. The highest BCUT2D eigenvalue weighted by Gasteiger charge is 2.41. The number of sulfone groups is 1. The summed E-state index contributed by atoms with van der Waals surface area (Å²) in [5, 5.41) is 7.12. The van der Waals surface area contributed by atoms with Gasteiger partial charge in [-0.1, -0.05) is 30.3 Å². The van der Waals surface area contributed by atoms with E-state index in [0.717, 1.165) is 30.1 Å². The third-order valence-corrected chi connectivity index (χ3v) is 6.33. The Balaban J connectivity index is 1.71. The molecule has 2 aromatic rings. The van der Waals surface area contributed by atoms with Gasteiger partial charge in [0.25, 0.3) is 0 Å². The number of amidine groups is 1. The van der Waals surface area contributed by atoms with E-state index in [1.807, 2.05) is 30.3 Å². The normalized spacial score (nSPS) is 20.0. The van der Waals surface area contributed by atoms with Crippen molar-refractivity contribution in [1.82, 2.24) is 0 Å². The van der Waals surface area contributed by atoms with Gasteiger partial charge in [0.05, 0.1) is 28.4 Å². The Hall–Kier alpha value is -2.38. The second kappa shape index (κ2) is 6.98. The van der Waals surface area contributed by atoms with E-state index >= 15 is 0 Å². The van der Waals surface area contributed by atoms with Crippen molar-refractivity contribution in [1.29, 1.82) is 0 Å². The molecule has 0 atom stereocenters. The van der Waals surface area contributed by atoms with Gasteiger partial charge in [0.2, 0.25) is 0 Å². The smallest absolute Gasteiger partial charge is 0.175 e. The summed E-state index contributed by atoms with van der Waals surface area (Å²) in [4.78, 5) is 5.16. The third-order valence-electron chi connectivity index (χ3n) is 5.13. The maximum Gasteiger partial charge on any atom is 0.175 e. The summed E-state index contributed by atoms with van der Waals surface area (Å²) in [5.41, 5.74) is 2.42. The topological polar surface area (TPSA) is 79.8 Å². The van der Waals surface area contributed by atoms with Crippen LogP contribution >= 0.6 is 0 Å². The van der Waals surface area contributed by atoms with Crippen molar-refractivity contribution in [2.24, 2.45) is 4.99 Å². The van der Waals surface area contributed by atoms with Crippen LogP contribution in [0.1, 0.15) is 18.4 Å². The van der Waals surface area contributed by atoms with Gasteiger partial charge < -0.3 is 15.4 Å². The number of anilines is 2. The van der Waals surface area contributed by atoms with Crippen molar-refractivity contribution in [2.45, 2.75) is 29.8 Å². The van der Waals surface area contributed by atoms with E-state index in [1.54, 1.807) is 12.1 Å². The lowest BCUT2D eigenvalue weighted by molar-refractivity contribution is 0.0778. The largest absolute Gasteiger partial charge is 0.381 e. The molecular formula is C20H23N3O3S. The summed E-state index contributed by atoms with van der Waals surface area (Å²) in [6, 6.07) is 15.1. The lowest BCUT2D eigenvalue weighted by atomic mass is 9.86. The number of rotatable bonds is 3. The molecule has 0 saturated carbocycles. The van der Waals surface area contributed by atoms with Crippen LogP contribution in [-0.2, 0) is 21.1 Å². The van der Waals surface area contributed by atoms with Gasteiger partial charge in [-0.25, -0.2) is 8.42 Å². The van der Waals surface area contributed by atoms with Gasteiger partial charge in [-0.2, -0.15) is 0 Å². The van der Waals surface area contributed by atoms with E-state index in [2.05, 4.69) is 16.7 Å². The van der Waals surface area contributed by atoms with Crippen LogP contribution in [0.4, 0.5) is 11.4 Å². The second-order valence-electron chi connectivity index (χ2n) is 7.03. The van der Waals surface area contributed by atoms with Crippen LogP contribution < -0.4 is 10.6 Å². The van der Waals surface area contributed by atoms with Crippen molar-refractivity contribution in [3.05, 3.63) is 54.1 Å². The summed E-state index contributed by atoms with van der Waals surface area (Å²) in [6.07, 6.45) is 2.84. The minimum absolute atomic E-state index is 0.304. The van der Waals surface area contributed by atoms with E-state index in [-0.39, 0.29) is 5.54 Å². The number of para-hydroxylation sites is 2. The van der Waals surface area contributed by atoms with Gasteiger partial charge in [0, 0.05) is 32.3 Å². The van der Waals surface area contributed by atoms with Crippen LogP contribution in [-0.4, -0.2) is 39.3 Å². The number of hydrogen-bond acceptors (Lipinski definition) is 5. The Morgan fingerprint density at radius 2 is 1.70 bits per heavy atom. The zero-order valence-corrected chi connectivity index (χ0v) is 16.1. The molecule has 6 nitrogen and oxygen atoms in total. The predicted octanol–water partition coefficient (Wildman–Crippen LogP) is 3.08. The number of nitrogens with zero attached hydrogens (tertiary/aromatic N) is 1. The Morgan fingerprint density at radius 1 is 1.04 bits per heavy atom. The molecule has 2 N–H and O–H groups in total. The molecule has 2 aromatic carbocycles. The monoisotopic (exact) mass is 385 g/mol. The van der Waals surface area contributed by atoms with Crippen molar-refractivity contribution >= 4 is 27.0 Å². The van der Waals surface area contributed by atoms with Crippen molar-refractivity contribution in [2.75, 3.05) is 30.1 Å². The molecule has 2 heterocycles. The van der Waals surface area contributed by atoms with Gasteiger partial charge in [0.1, 0.15) is 5.84 Å². The predicted molar refractivity (Wildman–Crippen MR) is 107 cm³/mol. The second-order valence-corrected chi connectivity index (χ2v) is 9.02. The number of benzene rings is 2. The van der Waals surface area contributed by atoms with Gasteiger partial charge in [-0.05, 0) is 23.8 Å². The van der Waals surface area contributed by atoms with Gasteiger partial charge in [0.15, 0.2) is 9.84 Å². The van der Waals surface area contributed by atoms with E-state index in [9.17, 15) is 8.42 Å². The minimum Gasteiger partial charge on any atom is -0.381 e. The lowest BCUT2D eigenvalue weighted by Crippen LogP contribution is -2.55. The molecule has 142 valence electrons. The SMILES string of the molecule is CS(=O)(=O)c1ccccc1CN=C1Nc2ccccc2NC12CCOCC2. The van der Waals surface area contributed by atoms with Crippen LogP contribution in [0.25, 0.3) is 0 Å². The fraction of sp³-hybridized carbons (Fsp3) is 0.350. The molecule has 0 amide bonds. The average molecular weight is 385 g/mol. The first-order chi connectivity index (χ1) is 13.0. The molecule has 2 aliphatic rings. The van der Waals surface area contributed by atoms with Crippen LogP contribution in [0.5, 0.6) is 0 Å². The molecule has 0 unspecified atom stereocenters. The summed E-state index contributed by atoms with van der Waals surface area (Å²) in [6.45, 7) is 1.63. The van der Waals surface area contributed by atoms with Crippen LogP contribution in [0.2, 0.25) is 0 Å². The van der Waals surface area contributed by atoms with E-state index in [1.165, 1.54) is 6.26 Å². The molecule has 1 spiro atoms. The highest BCUT2D eigenvalue weighted by atomic mass is 32.2. The Morgan fingerprint density at radius 3 is 2.44 bits per heavy atom. The van der Waals surface area contributed by atoms with Crippen LogP contribution in [0, 0.1) is 0 Å². The van der Waals surface area contributed by atoms with Gasteiger partial charge in [-0.15, -0.1) is 0 Å². The quantitative estimate of drug-likeness (QED) is 0.849. The zero-order chi connectivity index (χ0) is 18.9. The molecule has 0 bridgehead atoms. The van der Waals surface area contributed by atoms with Crippen molar-refractivity contribution in [3.63, 3.8) is 0 Å². The number of aliphatic imine (C=N–C) groups is 1. The fourth-order valence-corrected chi connectivity index (χ4v) is 4.63. The molecule has 0 radical (unpaired) electrons. The highest BCUT2D eigenvalue weighted by Crippen LogP contribution is 2.36. The van der Waals surface area contributed by atoms with E-state index < -0.39 is 9.84 Å². The van der Waals surface area contributed by atoms with E-state index in [0.29, 0.717) is 30.2 Å². The molecule has 1 saturated heterocycles. The number of ether oxygens (including phenoxy) is 1. The maximum absolute atomic E-state index is 12.1. The van der Waals surface area contributed by atoms with Gasteiger partial charge >= 0.3 is 0 Å². The van der Waals surface area contributed by atoms with Crippen LogP contribution in [0.3, 0.4) is 0 Å². The number of hydrogen-bond donors (Lipinski definition) is 2. The Labute approximate surface area is 159 Å². The molecule has 4 rings (SSSR count). The first-order valence-corrected chi connectivity index (χ1v) is 10.9. The summed E-state index contributed by atoms with van der Waals surface area (Å²) < 4.78 is 29.7. The molecule has 1 fully saturated rings. The molecule has 7 heteroatoms. The summed E-state index contributed by atoms with van der Waals surface area (Å²) in [7, 11) is -3.29. The minimum atomic E-state index is -3.29. The highest BCUT2D eigenvalue weighted by molar-refractivity contribution is 7.90. The average Bonchev–Trinajstić information content (AvgIpc) is 2.66. The first kappa shape index (κ1) is 18.0. The number of fused-ring (bicyclic) bond motifs is 1. The zero-order valence-electron chi connectivity index (χ0n) is 15.2. The lowest BCUT2D eigenvalue weighted by Gasteiger charge is -2.43. The standard InChI is InChI=1S/C20H23N3O3S/c1-27(24,25)18-9-5-2-6-15(18)14-21-19-20(10-12-26-13-11-20)23-17-8-4-3-7-16(17)22-19/h2-9,23H,10-14H2,1H3,(H,21,22). The third kappa shape index (κ3) is 3.57. The molecule has 0 aliphatic carbocycles. The van der Waals surface area contributed by atoms with Crippen molar-refractivity contribution < 1.29 is 13.2 Å².